The predicted molar refractivity (Wildman–Crippen MR) is 51.3 cm³/mol. The molecule has 0 heterocycles. The minimum atomic E-state index is 0.642. The van der Waals surface area contributed by atoms with Crippen LogP contribution in [-0.2, 0) is 0 Å². The fraction of sp³-hybridized carbons (Fsp3) is 0.556. The van der Waals surface area contributed by atoms with Crippen LogP contribution in [0.25, 0.3) is 0 Å². The molecule has 0 aliphatic carbocycles. The van der Waals surface area contributed by atoms with Crippen LogP contribution in [-0.4, -0.2) is 13.1 Å². The number of nitrogens with zero attached hydrogens (tertiary/aromatic N) is 2. The molecule has 2 heteroatoms. The Bertz CT molecular complexity index is 166. The monoisotopic (exact) mass is 152 g/mol. The minimum Gasteiger partial charge on any atom is -0.253 e. The van der Waals surface area contributed by atoms with E-state index in [-0.39, 0.29) is 0 Å². The number of aliphatic imine (C=N–C) groups is 2. The Balaban J connectivity index is 3.98. The van der Waals surface area contributed by atoms with Crippen molar-refractivity contribution in [1.29, 1.82) is 0 Å². The van der Waals surface area contributed by atoms with E-state index < -0.39 is 0 Å². The highest BCUT2D eigenvalue weighted by atomic mass is 14.8. The SMILES string of the molecule is C=N/C=N\C(=C/C)CC(C)C. The lowest BCUT2D eigenvalue weighted by molar-refractivity contribution is 0.638. The van der Waals surface area contributed by atoms with E-state index in [9.17, 15) is 0 Å². The van der Waals surface area contributed by atoms with Crippen LogP contribution in [0.3, 0.4) is 0 Å². The molecule has 0 bridgehead atoms. The van der Waals surface area contributed by atoms with Crippen molar-refractivity contribution in [2.45, 2.75) is 27.2 Å². The molecule has 0 rings (SSSR count). The Labute approximate surface area is 68.8 Å². The van der Waals surface area contributed by atoms with Crippen molar-refractivity contribution >= 4 is 13.1 Å². The molecular formula is C9H16N2. The molecule has 0 saturated heterocycles. The molecule has 0 amide bonds. The van der Waals surface area contributed by atoms with Crippen molar-refractivity contribution in [3.63, 3.8) is 0 Å². The summed E-state index contributed by atoms with van der Waals surface area (Å²) in [6.07, 6.45) is 4.49. The molecule has 0 aromatic carbocycles. The van der Waals surface area contributed by atoms with Crippen LogP contribution in [0.4, 0.5) is 0 Å². The summed E-state index contributed by atoms with van der Waals surface area (Å²) in [5.74, 6) is 0.642. The van der Waals surface area contributed by atoms with Gasteiger partial charge in [0.25, 0.3) is 0 Å². The second-order valence-electron chi connectivity index (χ2n) is 2.81. The largest absolute Gasteiger partial charge is 0.253 e. The number of rotatable bonds is 4. The molecule has 0 aromatic heterocycles. The molecule has 0 atom stereocenters. The van der Waals surface area contributed by atoms with Crippen molar-refractivity contribution in [3.8, 4) is 0 Å². The summed E-state index contributed by atoms with van der Waals surface area (Å²) in [4.78, 5) is 7.66. The first-order chi connectivity index (χ1) is 5.20. The third-order valence-electron chi connectivity index (χ3n) is 1.26. The quantitative estimate of drug-likeness (QED) is 0.437. The van der Waals surface area contributed by atoms with Crippen LogP contribution in [0.15, 0.2) is 21.8 Å². The van der Waals surface area contributed by atoms with Crippen molar-refractivity contribution in [3.05, 3.63) is 11.8 Å². The minimum absolute atomic E-state index is 0.642. The summed E-state index contributed by atoms with van der Waals surface area (Å²) >= 11 is 0. The highest BCUT2D eigenvalue weighted by molar-refractivity contribution is 5.63. The first kappa shape index (κ1) is 10.1. The predicted octanol–water partition coefficient (Wildman–Crippen LogP) is 2.67. The molecular weight excluding hydrogens is 136 g/mol. The van der Waals surface area contributed by atoms with Crippen molar-refractivity contribution < 1.29 is 0 Å². The van der Waals surface area contributed by atoms with Gasteiger partial charge in [-0.2, -0.15) is 0 Å². The second kappa shape index (κ2) is 5.83. The second-order valence-corrected chi connectivity index (χ2v) is 2.81. The average Bonchev–Trinajstić information content (AvgIpc) is 1.97. The van der Waals surface area contributed by atoms with Gasteiger partial charge in [0.1, 0.15) is 6.34 Å². The fourth-order valence-electron chi connectivity index (χ4n) is 0.778. The van der Waals surface area contributed by atoms with Crippen LogP contribution in [0, 0.1) is 5.92 Å². The maximum atomic E-state index is 4.11. The first-order valence-electron chi connectivity index (χ1n) is 3.84. The summed E-state index contributed by atoms with van der Waals surface area (Å²) in [5.41, 5.74) is 1.08. The lowest BCUT2D eigenvalue weighted by Crippen LogP contribution is -1.88. The van der Waals surface area contributed by atoms with Gasteiger partial charge in [0.2, 0.25) is 0 Å². The zero-order valence-electron chi connectivity index (χ0n) is 7.54. The molecule has 2 nitrogen and oxygen atoms in total. The molecule has 0 N–H and O–H groups in total. The highest BCUT2D eigenvalue weighted by Gasteiger charge is 1.96. The van der Waals surface area contributed by atoms with Gasteiger partial charge in [-0.15, -0.1) is 0 Å². The molecule has 11 heavy (non-hydrogen) atoms. The van der Waals surface area contributed by atoms with Crippen LogP contribution in [0.1, 0.15) is 27.2 Å². The van der Waals surface area contributed by atoms with E-state index in [0.717, 1.165) is 12.1 Å². The Morgan fingerprint density at radius 1 is 1.55 bits per heavy atom. The summed E-state index contributed by atoms with van der Waals surface area (Å²) in [5, 5.41) is 0. The molecule has 0 radical (unpaired) electrons. The van der Waals surface area contributed by atoms with Crippen molar-refractivity contribution in [1.82, 2.24) is 0 Å². The normalized spacial score (nSPS) is 12.9. The Kier molecular flexibility index (Phi) is 5.35. The van der Waals surface area contributed by atoms with Gasteiger partial charge in [0, 0.05) is 5.70 Å². The van der Waals surface area contributed by atoms with Gasteiger partial charge >= 0.3 is 0 Å². The van der Waals surface area contributed by atoms with E-state index in [0.29, 0.717) is 5.92 Å². The zero-order chi connectivity index (χ0) is 8.69. The Hall–Kier alpha value is -0.920. The van der Waals surface area contributed by atoms with Gasteiger partial charge in [-0.25, -0.2) is 4.99 Å². The average molecular weight is 152 g/mol. The lowest BCUT2D eigenvalue weighted by Gasteiger charge is -2.02. The Morgan fingerprint density at radius 2 is 2.18 bits per heavy atom. The molecule has 0 saturated carbocycles. The standard InChI is InChI=1S/C9H16N2/c1-5-9(6-8(2)3)11-7-10-4/h5,7-8H,4,6H2,1-3H3/b9-5-,11-7-. The highest BCUT2D eigenvalue weighted by Crippen LogP contribution is 2.10. The van der Waals surface area contributed by atoms with Crippen LogP contribution < -0.4 is 0 Å². The summed E-state index contributed by atoms with van der Waals surface area (Å²) in [6, 6.07) is 0. The first-order valence-corrected chi connectivity index (χ1v) is 3.84. The smallest absolute Gasteiger partial charge is 0.114 e. The van der Waals surface area contributed by atoms with E-state index in [4.69, 9.17) is 0 Å². The van der Waals surface area contributed by atoms with Crippen LogP contribution in [0.5, 0.6) is 0 Å². The van der Waals surface area contributed by atoms with Crippen molar-refractivity contribution in [2.75, 3.05) is 0 Å². The molecule has 0 aliphatic rings. The topological polar surface area (TPSA) is 24.7 Å². The molecule has 62 valence electrons. The fourth-order valence-corrected chi connectivity index (χ4v) is 0.778. The van der Waals surface area contributed by atoms with Gasteiger partial charge < -0.3 is 0 Å². The number of hydrogen-bond donors (Lipinski definition) is 0. The van der Waals surface area contributed by atoms with E-state index >= 15 is 0 Å². The van der Waals surface area contributed by atoms with Crippen LogP contribution in [0.2, 0.25) is 0 Å². The summed E-state index contributed by atoms with van der Waals surface area (Å²) in [6.45, 7) is 9.64. The van der Waals surface area contributed by atoms with E-state index in [1.54, 1.807) is 0 Å². The molecule has 0 aliphatic heterocycles. The number of allylic oxidation sites excluding steroid dienone is 2. The van der Waals surface area contributed by atoms with Gasteiger partial charge in [0.15, 0.2) is 0 Å². The van der Waals surface area contributed by atoms with Gasteiger partial charge in [-0.1, -0.05) is 19.9 Å². The zero-order valence-corrected chi connectivity index (χ0v) is 7.54. The third kappa shape index (κ3) is 5.52. The van der Waals surface area contributed by atoms with Crippen molar-refractivity contribution in [2.24, 2.45) is 15.9 Å². The summed E-state index contributed by atoms with van der Waals surface area (Å²) < 4.78 is 0. The van der Waals surface area contributed by atoms with Crippen LogP contribution >= 0.6 is 0 Å². The van der Waals surface area contributed by atoms with E-state index in [2.05, 4.69) is 30.5 Å². The maximum Gasteiger partial charge on any atom is 0.114 e. The molecule has 0 aromatic rings. The van der Waals surface area contributed by atoms with E-state index in [1.165, 1.54) is 6.34 Å². The van der Waals surface area contributed by atoms with Gasteiger partial charge in [-0.3, -0.25) is 4.99 Å². The molecule has 0 fully saturated rings. The van der Waals surface area contributed by atoms with Gasteiger partial charge in [-0.05, 0) is 26.0 Å². The lowest BCUT2D eigenvalue weighted by atomic mass is 10.1. The molecule has 0 unspecified atom stereocenters. The van der Waals surface area contributed by atoms with Gasteiger partial charge in [0.05, 0.1) is 0 Å². The maximum absolute atomic E-state index is 4.11. The molecule has 0 spiro atoms. The number of hydrogen-bond acceptors (Lipinski definition) is 1. The third-order valence-corrected chi connectivity index (χ3v) is 1.26. The summed E-state index contributed by atoms with van der Waals surface area (Å²) in [7, 11) is 0. The van der Waals surface area contributed by atoms with E-state index in [1.807, 2.05) is 13.0 Å². The Morgan fingerprint density at radius 3 is 2.55 bits per heavy atom.